The number of nitrogens with zero attached hydrogens (tertiary/aromatic N) is 3. The second kappa shape index (κ2) is 10.9. The molecule has 4 aromatic rings. The number of aromatic amines is 1. The van der Waals surface area contributed by atoms with Gasteiger partial charge >= 0.3 is 0 Å². The molecule has 37 heavy (non-hydrogen) atoms. The number of aromatic nitrogens is 4. The second-order valence-electron chi connectivity index (χ2n) is 10.2. The number of carbonyl (C=O) groups is 1. The van der Waals surface area contributed by atoms with Crippen LogP contribution in [-0.2, 0) is 29.8 Å². The fourth-order valence-corrected chi connectivity index (χ4v) is 7.08. The Hall–Kier alpha value is -2.72. The predicted molar refractivity (Wildman–Crippen MR) is 156 cm³/mol. The highest BCUT2D eigenvalue weighted by molar-refractivity contribution is 14.1. The molecular formula is C29H35IN6O. The Balaban J connectivity index is 1.33. The number of para-hydroxylation sites is 1. The Morgan fingerprint density at radius 3 is 2.76 bits per heavy atom. The van der Waals surface area contributed by atoms with Gasteiger partial charge < -0.3 is 15.6 Å². The number of nitrogens with one attached hydrogen (secondary N) is 3. The van der Waals surface area contributed by atoms with Crippen LogP contribution in [0, 0.1) is 5.41 Å². The number of hydrogen-bond donors (Lipinski definition) is 3. The van der Waals surface area contributed by atoms with Crippen LogP contribution in [0.4, 0.5) is 0 Å². The summed E-state index contributed by atoms with van der Waals surface area (Å²) in [5.41, 5.74) is 5.15. The number of amides is 1. The Morgan fingerprint density at radius 2 is 1.97 bits per heavy atom. The average Bonchev–Trinajstić information content (AvgIpc) is 3.53. The predicted octanol–water partition coefficient (Wildman–Crippen LogP) is 5.10. The van der Waals surface area contributed by atoms with Gasteiger partial charge in [-0.2, -0.15) is 0 Å². The molecule has 194 valence electrons. The van der Waals surface area contributed by atoms with E-state index in [1.807, 2.05) is 29.1 Å². The zero-order chi connectivity index (χ0) is 25.9. The molecule has 0 unspecified atom stereocenters. The first-order valence-electron chi connectivity index (χ1n) is 13.1. The van der Waals surface area contributed by atoms with E-state index in [-0.39, 0.29) is 16.9 Å². The van der Waals surface area contributed by atoms with E-state index in [0.29, 0.717) is 19.5 Å². The Bertz CT molecular complexity index is 1370. The van der Waals surface area contributed by atoms with Crippen molar-refractivity contribution in [2.24, 2.45) is 5.41 Å². The van der Waals surface area contributed by atoms with Gasteiger partial charge in [0.1, 0.15) is 5.69 Å². The van der Waals surface area contributed by atoms with Gasteiger partial charge in [0.05, 0.1) is 24.8 Å². The monoisotopic (exact) mass is 610 g/mol. The molecule has 3 N–H and O–H groups in total. The summed E-state index contributed by atoms with van der Waals surface area (Å²) in [5, 5.41) is 16.8. The quantitative estimate of drug-likeness (QED) is 0.172. The number of H-pyrrole nitrogens is 1. The molecule has 8 heteroatoms. The van der Waals surface area contributed by atoms with Gasteiger partial charge in [-0.3, -0.25) is 4.79 Å². The molecule has 1 aliphatic heterocycles. The van der Waals surface area contributed by atoms with Crippen LogP contribution in [0.15, 0.2) is 60.8 Å². The van der Waals surface area contributed by atoms with Gasteiger partial charge in [-0.1, -0.05) is 83.3 Å². The van der Waals surface area contributed by atoms with Gasteiger partial charge in [0.25, 0.3) is 0 Å². The van der Waals surface area contributed by atoms with Gasteiger partial charge in [-0.25, -0.2) is 4.68 Å². The topological polar surface area (TPSA) is 87.6 Å². The van der Waals surface area contributed by atoms with E-state index in [1.165, 1.54) is 27.7 Å². The Morgan fingerprint density at radius 1 is 1.19 bits per heavy atom. The van der Waals surface area contributed by atoms with Crippen LogP contribution < -0.4 is 10.6 Å². The van der Waals surface area contributed by atoms with E-state index in [2.05, 4.69) is 98.8 Å². The SMILES string of the molecule is CC[C@](CCI)(CC(=O)NCc1cn(Cc2ccccc2)nn1)[C@@]1(C)NCCc2c1[nH]c1ccccc21. The zero-order valence-corrected chi connectivity index (χ0v) is 23.7. The first-order valence-corrected chi connectivity index (χ1v) is 14.6. The highest BCUT2D eigenvalue weighted by Gasteiger charge is 2.51. The molecule has 2 aromatic heterocycles. The minimum absolute atomic E-state index is 0.0515. The second-order valence-corrected chi connectivity index (χ2v) is 11.3. The van der Waals surface area contributed by atoms with Crippen LogP contribution >= 0.6 is 22.6 Å². The van der Waals surface area contributed by atoms with Gasteiger partial charge in [-0.15, -0.1) is 5.10 Å². The summed E-state index contributed by atoms with van der Waals surface area (Å²) >= 11 is 2.45. The third-order valence-electron chi connectivity index (χ3n) is 8.22. The van der Waals surface area contributed by atoms with Crippen LogP contribution in [0.25, 0.3) is 10.9 Å². The standard InChI is InChI=1S/C29H35IN6O/c1-3-29(14-15-30,28(2)27-24(13-16-32-28)23-11-7-8-12-25(23)33-27)17-26(37)31-18-22-20-36(35-34-22)19-21-9-5-4-6-10-21/h4-12,20,32-33H,3,13-19H2,1-2H3,(H,31,37)/t28-,29-/m0/s1. The normalized spacial score (nSPS) is 18.9. The molecule has 2 atom stereocenters. The third kappa shape index (κ3) is 5.05. The van der Waals surface area contributed by atoms with Crippen molar-refractivity contribution in [2.75, 3.05) is 11.0 Å². The van der Waals surface area contributed by atoms with Crippen LogP contribution in [0.1, 0.15) is 55.6 Å². The number of alkyl halides is 1. The van der Waals surface area contributed by atoms with E-state index < -0.39 is 0 Å². The zero-order valence-electron chi connectivity index (χ0n) is 21.6. The van der Waals surface area contributed by atoms with E-state index in [0.717, 1.165) is 35.9 Å². The summed E-state index contributed by atoms with van der Waals surface area (Å²) in [6.45, 7) is 6.45. The van der Waals surface area contributed by atoms with Crippen molar-refractivity contribution in [1.29, 1.82) is 0 Å². The maximum absolute atomic E-state index is 13.4. The third-order valence-corrected chi connectivity index (χ3v) is 8.76. The molecule has 0 fully saturated rings. The van der Waals surface area contributed by atoms with Gasteiger partial charge in [0, 0.05) is 39.4 Å². The van der Waals surface area contributed by atoms with Crippen LogP contribution in [-0.4, -0.2) is 36.9 Å². The summed E-state index contributed by atoms with van der Waals surface area (Å²) in [7, 11) is 0. The van der Waals surface area contributed by atoms with Crippen LogP contribution in [0.2, 0.25) is 0 Å². The van der Waals surface area contributed by atoms with Crippen LogP contribution in [0.5, 0.6) is 0 Å². The summed E-state index contributed by atoms with van der Waals surface area (Å²) in [5.74, 6) is 0.0515. The first kappa shape index (κ1) is 25.9. The Kier molecular flexibility index (Phi) is 7.67. The Labute approximate surface area is 231 Å². The number of rotatable bonds is 10. The highest BCUT2D eigenvalue weighted by atomic mass is 127. The van der Waals surface area contributed by atoms with E-state index in [9.17, 15) is 4.79 Å². The van der Waals surface area contributed by atoms with E-state index >= 15 is 0 Å². The fraction of sp³-hybridized carbons (Fsp3) is 0.414. The van der Waals surface area contributed by atoms with Crippen molar-refractivity contribution < 1.29 is 4.79 Å². The van der Waals surface area contributed by atoms with Crippen LogP contribution in [0.3, 0.4) is 0 Å². The number of carbonyl (C=O) groups excluding carboxylic acids is 1. The molecule has 0 saturated heterocycles. The number of fused-ring (bicyclic) bond motifs is 3. The first-order chi connectivity index (χ1) is 18.0. The summed E-state index contributed by atoms with van der Waals surface area (Å²) in [4.78, 5) is 17.2. The number of halogens is 1. The van der Waals surface area contributed by atoms with Crippen molar-refractivity contribution in [3.8, 4) is 0 Å². The van der Waals surface area contributed by atoms with E-state index in [1.54, 1.807) is 0 Å². The lowest BCUT2D eigenvalue weighted by atomic mass is 9.61. The molecule has 0 saturated carbocycles. The number of hydrogen-bond acceptors (Lipinski definition) is 4. The molecule has 0 bridgehead atoms. The van der Waals surface area contributed by atoms with E-state index in [4.69, 9.17) is 0 Å². The minimum Gasteiger partial charge on any atom is -0.357 e. The summed E-state index contributed by atoms with van der Waals surface area (Å²) < 4.78 is 2.80. The molecule has 0 aliphatic carbocycles. The van der Waals surface area contributed by atoms with Crippen molar-refractivity contribution in [3.05, 3.63) is 83.3 Å². The smallest absolute Gasteiger partial charge is 0.220 e. The lowest BCUT2D eigenvalue weighted by Crippen LogP contribution is -2.58. The lowest BCUT2D eigenvalue weighted by molar-refractivity contribution is -0.125. The lowest BCUT2D eigenvalue weighted by Gasteiger charge is -2.51. The molecule has 0 radical (unpaired) electrons. The van der Waals surface area contributed by atoms with Crippen molar-refractivity contribution in [1.82, 2.24) is 30.6 Å². The fourth-order valence-electron chi connectivity index (χ4n) is 6.04. The molecule has 7 nitrogen and oxygen atoms in total. The molecule has 5 rings (SSSR count). The van der Waals surface area contributed by atoms with Crippen molar-refractivity contribution in [3.63, 3.8) is 0 Å². The molecule has 1 aliphatic rings. The summed E-state index contributed by atoms with van der Waals surface area (Å²) in [6.07, 6.45) is 5.19. The maximum atomic E-state index is 13.4. The number of benzene rings is 2. The largest absolute Gasteiger partial charge is 0.357 e. The molecule has 3 heterocycles. The molecule has 1 amide bonds. The average molecular weight is 611 g/mol. The molecular weight excluding hydrogens is 575 g/mol. The maximum Gasteiger partial charge on any atom is 0.220 e. The summed E-state index contributed by atoms with van der Waals surface area (Å²) in [6, 6.07) is 18.7. The molecule has 2 aromatic carbocycles. The van der Waals surface area contributed by atoms with Crippen molar-refractivity contribution >= 4 is 39.4 Å². The minimum atomic E-state index is -0.338. The van der Waals surface area contributed by atoms with Gasteiger partial charge in [-0.05, 0) is 43.4 Å². The highest BCUT2D eigenvalue weighted by Crippen LogP contribution is 2.51. The molecule has 0 spiro atoms. The van der Waals surface area contributed by atoms with Gasteiger partial charge in [0.15, 0.2) is 0 Å². The van der Waals surface area contributed by atoms with Crippen molar-refractivity contribution in [2.45, 2.75) is 58.2 Å². The van der Waals surface area contributed by atoms with Gasteiger partial charge in [0.2, 0.25) is 5.91 Å².